The van der Waals surface area contributed by atoms with E-state index in [1.54, 1.807) is 0 Å². The minimum atomic E-state index is 0.207. The maximum Gasteiger partial charge on any atom is 0.119 e. The highest BCUT2D eigenvalue weighted by atomic mass is 16.5. The maximum absolute atomic E-state index is 6.29. The van der Waals surface area contributed by atoms with Crippen LogP contribution in [0, 0.1) is 11.3 Å². The Labute approximate surface area is 337 Å². The third-order valence-electron chi connectivity index (χ3n) is 11.7. The van der Waals surface area contributed by atoms with Gasteiger partial charge in [-0.25, -0.2) is 0 Å². The summed E-state index contributed by atoms with van der Waals surface area (Å²) in [4.78, 5) is 2.35. The Morgan fingerprint density at radius 3 is 1.66 bits per heavy atom. The molecule has 0 fully saturated rings. The zero-order valence-electron chi connectivity index (χ0n) is 35.0. The average Bonchev–Trinajstić information content (AvgIpc) is 3.22. The first-order valence-electron chi connectivity index (χ1n) is 21.3. The van der Waals surface area contributed by atoms with Gasteiger partial charge in [-0.15, -0.1) is 0 Å². The predicted molar refractivity (Wildman–Crippen MR) is 247 cm³/mol. The van der Waals surface area contributed by atoms with E-state index in [1.807, 2.05) is 0 Å². The summed E-state index contributed by atoms with van der Waals surface area (Å²) >= 11 is 0. The molecule has 0 spiro atoms. The minimum absolute atomic E-state index is 0.207. The van der Waals surface area contributed by atoms with Crippen LogP contribution < -0.4 is 9.64 Å². The van der Waals surface area contributed by atoms with Crippen LogP contribution >= 0.6 is 0 Å². The highest BCUT2D eigenvalue weighted by molar-refractivity contribution is 5.99. The van der Waals surface area contributed by atoms with Gasteiger partial charge in [-0.3, -0.25) is 0 Å². The van der Waals surface area contributed by atoms with Crippen molar-refractivity contribution in [1.29, 1.82) is 0 Å². The van der Waals surface area contributed by atoms with Gasteiger partial charge >= 0.3 is 0 Å². The molecule has 290 valence electrons. The Bertz CT molecular complexity index is 2210. The first-order valence-corrected chi connectivity index (χ1v) is 21.3. The minimum Gasteiger partial charge on any atom is -0.493 e. The van der Waals surface area contributed by atoms with Gasteiger partial charge in [0.05, 0.1) is 6.61 Å². The highest BCUT2D eigenvalue weighted by Crippen LogP contribution is 2.37. The number of hydrogen-bond donors (Lipinski definition) is 0. The van der Waals surface area contributed by atoms with Gasteiger partial charge in [0, 0.05) is 17.1 Å². The van der Waals surface area contributed by atoms with Crippen molar-refractivity contribution >= 4 is 56.8 Å². The molecule has 6 aromatic rings. The molecule has 6 aromatic carbocycles. The van der Waals surface area contributed by atoms with Gasteiger partial charge in [-0.05, 0) is 153 Å². The molecule has 2 nitrogen and oxygen atoms in total. The van der Waals surface area contributed by atoms with Crippen molar-refractivity contribution in [2.45, 2.75) is 99.3 Å². The number of rotatable bonds is 18. The smallest absolute Gasteiger partial charge is 0.119 e. The standard InChI is InChI=1S/C54H63NO/c1-8-12-14-41(10-3)39-56-53-31-29-52(30-32-53)55(51-27-23-45(24-28-51)40(5)13-9-2)50-25-19-42(20-26-50)15-16-43-17-21-46-38-49-36-44(33-34-54(6,7)11-4)18-22-47(49)37-48(46)35-43/h15-38,40-41H,8-14,39H2,1-7H3/b16-15-,34-33-. The van der Waals surface area contributed by atoms with Crippen molar-refractivity contribution in [3.63, 3.8) is 0 Å². The zero-order valence-corrected chi connectivity index (χ0v) is 35.0. The second-order valence-corrected chi connectivity index (χ2v) is 16.5. The summed E-state index contributed by atoms with van der Waals surface area (Å²) in [5, 5.41) is 5.07. The molecule has 0 amide bonds. The van der Waals surface area contributed by atoms with Crippen LogP contribution in [0.4, 0.5) is 17.1 Å². The van der Waals surface area contributed by atoms with E-state index in [4.69, 9.17) is 4.74 Å². The monoisotopic (exact) mass is 741 g/mol. The van der Waals surface area contributed by atoms with Crippen LogP contribution in [0.25, 0.3) is 39.8 Å². The third-order valence-corrected chi connectivity index (χ3v) is 11.7. The summed E-state index contributed by atoms with van der Waals surface area (Å²) in [5.41, 5.74) is 8.60. The Morgan fingerprint density at radius 2 is 1.11 bits per heavy atom. The van der Waals surface area contributed by atoms with Gasteiger partial charge in [0.2, 0.25) is 0 Å². The number of allylic oxidation sites excluding steroid dienone is 1. The van der Waals surface area contributed by atoms with E-state index in [1.165, 1.54) is 75.9 Å². The van der Waals surface area contributed by atoms with Crippen molar-refractivity contribution < 1.29 is 4.74 Å². The number of fused-ring (bicyclic) bond motifs is 2. The second kappa shape index (κ2) is 19.2. The first kappa shape index (κ1) is 40.6. The largest absolute Gasteiger partial charge is 0.493 e. The van der Waals surface area contributed by atoms with Crippen LogP contribution in [0.15, 0.2) is 127 Å². The third kappa shape index (κ3) is 10.6. The van der Waals surface area contributed by atoms with Gasteiger partial charge < -0.3 is 9.64 Å². The van der Waals surface area contributed by atoms with Gasteiger partial charge in [-0.2, -0.15) is 0 Å². The lowest BCUT2D eigenvalue weighted by molar-refractivity contribution is 0.233. The molecule has 0 radical (unpaired) electrons. The lowest BCUT2D eigenvalue weighted by atomic mass is 9.89. The molecule has 0 N–H and O–H groups in total. The topological polar surface area (TPSA) is 12.5 Å². The van der Waals surface area contributed by atoms with Crippen LogP contribution in [0.2, 0.25) is 0 Å². The highest BCUT2D eigenvalue weighted by Gasteiger charge is 2.15. The second-order valence-electron chi connectivity index (χ2n) is 16.5. The Balaban J connectivity index is 1.21. The molecular weight excluding hydrogens is 679 g/mol. The van der Waals surface area contributed by atoms with Crippen LogP contribution in [0.1, 0.15) is 122 Å². The van der Waals surface area contributed by atoms with E-state index in [0.29, 0.717) is 11.8 Å². The van der Waals surface area contributed by atoms with Crippen molar-refractivity contribution in [1.82, 2.24) is 0 Å². The molecule has 0 aliphatic carbocycles. The summed E-state index contributed by atoms with van der Waals surface area (Å²) < 4.78 is 6.29. The van der Waals surface area contributed by atoms with Crippen molar-refractivity contribution in [2.24, 2.45) is 11.3 Å². The van der Waals surface area contributed by atoms with E-state index in [2.05, 4.69) is 199 Å². The molecular formula is C54H63NO. The number of unbranched alkanes of at least 4 members (excludes halogenated alkanes) is 1. The van der Waals surface area contributed by atoms with Crippen molar-refractivity contribution in [3.8, 4) is 5.75 Å². The molecule has 0 aromatic heterocycles. The van der Waals surface area contributed by atoms with E-state index < -0.39 is 0 Å². The molecule has 0 saturated heterocycles. The molecule has 0 aliphatic heterocycles. The van der Waals surface area contributed by atoms with Gasteiger partial charge in [0.1, 0.15) is 5.75 Å². The summed E-state index contributed by atoms with van der Waals surface area (Å²) in [7, 11) is 0. The normalized spacial score (nSPS) is 13.2. The molecule has 0 saturated carbocycles. The molecule has 2 atom stereocenters. The number of anilines is 3. The molecule has 2 heteroatoms. The number of ether oxygens (including phenoxy) is 1. The fourth-order valence-corrected chi connectivity index (χ4v) is 7.41. The van der Waals surface area contributed by atoms with Crippen LogP contribution in [-0.4, -0.2) is 6.61 Å². The average molecular weight is 742 g/mol. The predicted octanol–water partition coefficient (Wildman–Crippen LogP) is 16.6. The van der Waals surface area contributed by atoms with Crippen molar-refractivity contribution in [3.05, 3.63) is 150 Å². The van der Waals surface area contributed by atoms with Crippen molar-refractivity contribution in [2.75, 3.05) is 11.5 Å². The summed E-state index contributed by atoms with van der Waals surface area (Å²) in [5.74, 6) is 2.09. The molecule has 0 bridgehead atoms. The quantitative estimate of drug-likeness (QED) is 0.0642. The first-order chi connectivity index (χ1) is 27.2. The fraction of sp³-hybridized carbons (Fsp3) is 0.333. The lowest BCUT2D eigenvalue weighted by Gasteiger charge is -2.26. The number of hydrogen-bond acceptors (Lipinski definition) is 2. The Morgan fingerprint density at radius 1 is 0.571 bits per heavy atom. The van der Waals surface area contributed by atoms with Crippen LogP contribution in [-0.2, 0) is 0 Å². The SMILES string of the molecule is CCCCC(CC)COc1ccc(N(c2ccc(/C=C\c3ccc4cc5cc(/C=C\C(C)(C)CC)ccc5cc4c3)cc2)c2ccc(C(C)CCC)cc2)cc1. The van der Waals surface area contributed by atoms with E-state index in [-0.39, 0.29) is 5.41 Å². The van der Waals surface area contributed by atoms with Crippen LogP contribution in [0.5, 0.6) is 5.75 Å². The number of benzene rings is 6. The maximum atomic E-state index is 6.29. The van der Waals surface area contributed by atoms with Gasteiger partial charge in [0.25, 0.3) is 0 Å². The van der Waals surface area contributed by atoms with E-state index in [9.17, 15) is 0 Å². The molecule has 2 unspecified atom stereocenters. The lowest BCUT2D eigenvalue weighted by Crippen LogP contribution is -2.12. The molecule has 6 rings (SSSR count). The molecule has 0 aliphatic rings. The summed E-state index contributed by atoms with van der Waals surface area (Å²) in [6.45, 7) is 16.7. The fourth-order valence-electron chi connectivity index (χ4n) is 7.41. The van der Waals surface area contributed by atoms with Gasteiger partial charge in [-0.1, -0.05) is 147 Å². The van der Waals surface area contributed by atoms with E-state index in [0.717, 1.165) is 42.3 Å². The molecule has 56 heavy (non-hydrogen) atoms. The van der Waals surface area contributed by atoms with Gasteiger partial charge in [0.15, 0.2) is 0 Å². The molecule has 0 heterocycles. The van der Waals surface area contributed by atoms with Crippen LogP contribution in [0.3, 0.4) is 0 Å². The van der Waals surface area contributed by atoms with E-state index >= 15 is 0 Å². The Kier molecular flexibility index (Phi) is 13.9. The Hall–Kier alpha value is -5.08. The summed E-state index contributed by atoms with van der Waals surface area (Å²) in [6.07, 6.45) is 17.4. The summed E-state index contributed by atoms with van der Waals surface area (Å²) in [6, 6.07) is 44.9. The number of nitrogens with zero attached hydrogens (tertiary/aromatic N) is 1. The zero-order chi connectivity index (χ0) is 39.5.